The fraction of sp³-hybridized carbons (Fsp3) is 0.350. The van der Waals surface area contributed by atoms with Gasteiger partial charge >= 0.3 is 6.03 Å². The first-order chi connectivity index (χ1) is 13.3. The summed E-state index contributed by atoms with van der Waals surface area (Å²) in [5.41, 5.74) is 1.65. The van der Waals surface area contributed by atoms with Gasteiger partial charge in [0.2, 0.25) is 0 Å². The summed E-state index contributed by atoms with van der Waals surface area (Å²) in [7, 11) is -2.01. The Hall–Kier alpha value is -2.09. The van der Waals surface area contributed by atoms with E-state index in [1.54, 1.807) is 41.3 Å². The zero-order valence-corrected chi connectivity index (χ0v) is 17.6. The highest BCUT2D eigenvalue weighted by molar-refractivity contribution is 7.89. The largest absolute Gasteiger partial charge is 0.334 e. The molecule has 0 spiro atoms. The molecular weight excluding hydrogens is 398 g/mol. The van der Waals surface area contributed by atoms with Gasteiger partial charge in [0.1, 0.15) is 0 Å². The Labute approximate surface area is 171 Å². The number of amides is 2. The predicted octanol–water partition coefficient (Wildman–Crippen LogP) is 3.21. The van der Waals surface area contributed by atoms with Gasteiger partial charge in [-0.3, -0.25) is 0 Å². The lowest BCUT2D eigenvalue weighted by atomic mass is 10.2. The first kappa shape index (κ1) is 20.6. The van der Waals surface area contributed by atoms with Crippen LogP contribution in [0.1, 0.15) is 11.1 Å². The Balaban J connectivity index is 1.94. The molecule has 1 heterocycles. The van der Waals surface area contributed by atoms with Gasteiger partial charge in [-0.2, -0.15) is 0 Å². The molecule has 8 heteroatoms. The third-order valence-corrected chi connectivity index (χ3v) is 6.82. The first-order valence-corrected chi connectivity index (χ1v) is 10.9. The number of likely N-dealkylation sites (N-methyl/N-ethyl adjacent to an activating group) is 1. The number of nitrogens with zero attached hydrogens (tertiary/aromatic N) is 3. The quantitative estimate of drug-likeness (QED) is 0.760. The van der Waals surface area contributed by atoms with E-state index in [1.165, 1.54) is 12.1 Å². The molecule has 150 valence electrons. The summed E-state index contributed by atoms with van der Waals surface area (Å²) in [6.07, 6.45) is 0. The standard InChI is InChI=1S/C20H24ClN3O3S/c1-16-3-9-19(10-4-16)28(26,27)24(15-17-5-7-18(21)8-6-17)20(25)23-13-11-22(2)12-14-23/h3-10H,11-15H2,1-2H3. The van der Waals surface area contributed by atoms with Crippen LogP contribution in [-0.4, -0.2) is 61.8 Å². The summed E-state index contributed by atoms with van der Waals surface area (Å²) in [6, 6.07) is 12.9. The molecule has 0 radical (unpaired) electrons. The molecule has 2 amide bonds. The second kappa shape index (κ2) is 8.51. The molecule has 1 aliphatic heterocycles. The van der Waals surface area contributed by atoms with E-state index in [2.05, 4.69) is 4.90 Å². The average molecular weight is 422 g/mol. The molecule has 0 aromatic heterocycles. The maximum atomic E-state index is 13.3. The van der Waals surface area contributed by atoms with Gasteiger partial charge in [-0.05, 0) is 43.8 Å². The third-order valence-electron chi connectivity index (χ3n) is 4.84. The third kappa shape index (κ3) is 4.66. The average Bonchev–Trinajstić information content (AvgIpc) is 2.68. The second-order valence-electron chi connectivity index (χ2n) is 7.02. The maximum Gasteiger partial charge on any atom is 0.334 e. The fourth-order valence-corrected chi connectivity index (χ4v) is 4.50. The lowest BCUT2D eigenvalue weighted by Gasteiger charge is -2.35. The number of hydrogen-bond acceptors (Lipinski definition) is 4. The lowest BCUT2D eigenvalue weighted by molar-refractivity contribution is 0.139. The Morgan fingerprint density at radius 2 is 1.57 bits per heavy atom. The van der Waals surface area contributed by atoms with Gasteiger partial charge in [0.25, 0.3) is 10.0 Å². The van der Waals surface area contributed by atoms with Crippen LogP contribution in [0.4, 0.5) is 4.79 Å². The molecule has 0 N–H and O–H groups in total. The van der Waals surface area contributed by atoms with Crippen LogP contribution in [0.2, 0.25) is 5.02 Å². The van der Waals surface area contributed by atoms with E-state index < -0.39 is 16.1 Å². The number of carbonyl (C=O) groups excluding carboxylic acids is 1. The van der Waals surface area contributed by atoms with E-state index in [4.69, 9.17) is 11.6 Å². The highest BCUT2D eigenvalue weighted by atomic mass is 35.5. The minimum Gasteiger partial charge on any atom is -0.321 e. The van der Waals surface area contributed by atoms with Crippen molar-refractivity contribution in [3.05, 3.63) is 64.7 Å². The number of benzene rings is 2. The molecule has 2 aromatic rings. The second-order valence-corrected chi connectivity index (χ2v) is 9.32. The van der Waals surface area contributed by atoms with Gasteiger partial charge in [-0.1, -0.05) is 41.4 Å². The molecule has 1 fully saturated rings. The summed E-state index contributed by atoms with van der Waals surface area (Å²) in [5, 5.41) is 0.557. The van der Waals surface area contributed by atoms with E-state index in [-0.39, 0.29) is 11.4 Å². The molecule has 1 aliphatic rings. The van der Waals surface area contributed by atoms with Crippen LogP contribution in [0, 0.1) is 6.92 Å². The van der Waals surface area contributed by atoms with Crippen LogP contribution in [-0.2, 0) is 16.6 Å². The van der Waals surface area contributed by atoms with Crippen molar-refractivity contribution < 1.29 is 13.2 Å². The summed E-state index contributed by atoms with van der Waals surface area (Å²) in [4.78, 5) is 17.0. The molecule has 3 rings (SSSR count). The molecule has 0 unspecified atom stereocenters. The Kier molecular flexibility index (Phi) is 6.27. The maximum absolute atomic E-state index is 13.3. The molecule has 0 bridgehead atoms. The Morgan fingerprint density at radius 3 is 2.14 bits per heavy atom. The topological polar surface area (TPSA) is 60.9 Å². The van der Waals surface area contributed by atoms with Crippen molar-refractivity contribution in [1.82, 2.24) is 14.1 Å². The van der Waals surface area contributed by atoms with Crippen LogP contribution in [0.5, 0.6) is 0 Å². The molecule has 28 heavy (non-hydrogen) atoms. The molecule has 6 nitrogen and oxygen atoms in total. The summed E-state index contributed by atoms with van der Waals surface area (Å²) in [6.45, 7) is 4.26. The molecule has 0 aliphatic carbocycles. The van der Waals surface area contributed by atoms with Crippen molar-refractivity contribution in [3.63, 3.8) is 0 Å². The molecular formula is C20H24ClN3O3S. The van der Waals surface area contributed by atoms with Crippen LogP contribution in [0.15, 0.2) is 53.4 Å². The number of sulfonamides is 1. The van der Waals surface area contributed by atoms with Gasteiger partial charge in [-0.15, -0.1) is 0 Å². The number of carbonyl (C=O) groups is 1. The van der Waals surface area contributed by atoms with E-state index in [1.807, 2.05) is 14.0 Å². The van der Waals surface area contributed by atoms with Gasteiger partial charge in [0.15, 0.2) is 0 Å². The minimum atomic E-state index is -3.99. The molecule has 0 atom stereocenters. The van der Waals surface area contributed by atoms with Gasteiger partial charge in [-0.25, -0.2) is 17.5 Å². The summed E-state index contributed by atoms with van der Waals surface area (Å²) in [5.74, 6) is 0. The highest BCUT2D eigenvalue weighted by Crippen LogP contribution is 2.22. The van der Waals surface area contributed by atoms with Crippen molar-refractivity contribution in [1.29, 1.82) is 0 Å². The van der Waals surface area contributed by atoms with Crippen LogP contribution < -0.4 is 0 Å². The molecule has 1 saturated heterocycles. The van der Waals surface area contributed by atoms with Crippen LogP contribution in [0.25, 0.3) is 0 Å². The molecule has 2 aromatic carbocycles. The number of halogens is 1. The van der Waals surface area contributed by atoms with Crippen molar-refractivity contribution in [2.24, 2.45) is 0 Å². The first-order valence-electron chi connectivity index (χ1n) is 9.08. The number of aryl methyl sites for hydroxylation is 1. The SMILES string of the molecule is Cc1ccc(S(=O)(=O)N(Cc2ccc(Cl)cc2)C(=O)N2CCN(C)CC2)cc1. The van der Waals surface area contributed by atoms with Crippen molar-refractivity contribution in [2.45, 2.75) is 18.4 Å². The number of urea groups is 1. The molecule has 0 saturated carbocycles. The zero-order chi connectivity index (χ0) is 20.3. The van der Waals surface area contributed by atoms with Gasteiger partial charge in [0, 0.05) is 31.2 Å². The van der Waals surface area contributed by atoms with E-state index >= 15 is 0 Å². The van der Waals surface area contributed by atoms with Gasteiger partial charge < -0.3 is 9.80 Å². The van der Waals surface area contributed by atoms with Crippen molar-refractivity contribution >= 4 is 27.7 Å². The lowest BCUT2D eigenvalue weighted by Crippen LogP contribution is -2.52. The number of piperazine rings is 1. The van der Waals surface area contributed by atoms with E-state index in [0.717, 1.165) is 9.87 Å². The Morgan fingerprint density at radius 1 is 1.00 bits per heavy atom. The Bertz CT molecular complexity index is 922. The highest BCUT2D eigenvalue weighted by Gasteiger charge is 2.33. The predicted molar refractivity (Wildman–Crippen MR) is 110 cm³/mol. The summed E-state index contributed by atoms with van der Waals surface area (Å²) < 4.78 is 27.6. The van der Waals surface area contributed by atoms with Crippen molar-refractivity contribution in [2.75, 3.05) is 33.2 Å². The van der Waals surface area contributed by atoms with Crippen LogP contribution >= 0.6 is 11.6 Å². The van der Waals surface area contributed by atoms with Gasteiger partial charge in [0.05, 0.1) is 11.4 Å². The number of hydrogen-bond donors (Lipinski definition) is 0. The fourth-order valence-electron chi connectivity index (χ4n) is 3.00. The monoisotopic (exact) mass is 421 g/mol. The summed E-state index contributed by atoms with van der Waals surface area (Å²) >= 11 is 5.94. The van der Waals surface area contributed by atoms with E-state index in [0.29, 0.717) is 36.8 Å². The van der Waals surface area contributed by atoms with Crippen LogP contribution in [0.3, 0.4) is 0 Å². The normalized spacial score (nSPS) is 15.5. The van der Waals surface area contributed by atoms with E-state index in [9.17, 15) is 13.2 Å². The number of rotatable bonds is 4. The zero-order valence-electron chi connectivity index (χ0n) is 16.0. The smallest absolute Gasteiger partial charge is 0.321 e. The van der Waals surface area contributed by atoms with Crippen molar-refractivity contribution in [3.8, 4) is 0 Å². The minimum absolute atomic E-state index is 0.0431.